The summed E-state index contributed by atoms with van der Waals surface area (Å²) in [5.74, 6) is 5.74. The zero-order valence-corrected chi connectivity index (χ0v) is 19.2. The van der Waals surface area contributed by atoms with Gasteiger partial charge in [-0.2, -0.15) is 0 Å². The van der Waals surface area contributed by atoms with Gasteiger partial charge in [0.25, 0.3) is 5.69 Å². The fourth-order valence-electron chi connectivity index (χ4n) is 3.02. The Morgan fingerprint density at radius 3 is 2.03 bits per heavy atom. The van der Waals surface area contributed by atoms with E-state index < -0.39 is 24.7 Å². The third-order valence-corrected chi connectivity index (χ3v) is 6.39. The lowest BCUT2D eigenvalue weighted by molar-refractivity contribution is -0.384. The standard InChI is InChI=1S/C23H24N3O7P/c1-2-31-23(27)22(17-18-9-5-3-6-10-18)25(24)34(30,32-20-11-7-4-8-12-20)33-21-15-13-19(14-16-21)26(28)29/h3-16,22H,2,17,24H2,1H3/t22-,34?/m0/s1. The van der Waals surface area contributed by atoms with Gasteiger partial charge < -0.3 is 13.8 Å². The average molecular weight is 485 g/mol. The van der Waals surface area contributed by atoms with E-state index in [0.29, 0.717) is 0 Å². The second-order valence-electron chi connectivity index (χ2n) is 7.05. The van der Waals surface area contributed by atoms with E-state index in [0.717, 1.165) is 10.3 Å². The summed E-state index contributed by atoms with van der Waals surface area (Å²) in [6.45, 7) is 1.73. The van der Waals surface area contributed by atoms with Gasteiger partial charge in [-0.3, -0.25) is 20.8 Å². The van der Waals surface area contributed by atoms with Crippen LogP contribution in [0, 0.1) is 10.1 Å². The molecule has 0 fully saturated rings. The van der Waals surface area contributed by atoms with Crippen LogP contribution >= 0.6 is 7.75 Å². The molecule has 0 spiro atoms. The lowest BCUT2D eigenvalue weighted by atomic mass is 10.1. The number of rotatable bonds is 11. The van der Waals surface area contributed by atoms with Gasteiger partial charge in [-0.25, -0.2) is 4.57 Å². The van der Waals surface area contributed by atoms with Gasteiger partial charge in [-0.1, -0.05) is 48.5 Å². The monoisotopic (exact) mass is 485 g/mol. The SMILES string of the molecule is CCOC(=O)[C@H](Cc1ccccc1)N(N)P(=O)(Oc1ccccc1)Oc1ccc([N+](=O)[O-])cc1. The molecule has 11 heteroatoms. The van der Waals surface area contributed by atoms with E-state index in [1.54, 1.807) is 61.5 Å². The van der Waals surface area contributed by atoms with Crippen LogP contribution in [0.15, 0.2) is 84.9 Å². The van der Waals surface area contributed by atoms with Crippen LogP contribution in [-0.2, 0) is 20.5 Å². The van der Waals surface area contributed by atoms with E-state index in [-0.39, 0.29) is 30.2 Å². The normalized spacial score (nSPS) is 13.5. The van der Waals surface area contributed by atoms with E-state index in [1.807, 2.05) is 6.07 Å². The minimum atomic E-state index is -4.42. The Labute approximate surface area is 196 Å². The van der Waals surface area contributed by atoms with Gasteiger partial charge in [-0.15, -0.1) is 4.78 Å². The highest BCUT2D eigenvalue weighted by Gasteiger charge is 2.44. The van der Waals surface area contributed by atoms with E-state index in [1.165, 1.54) is 24.3 Å². The van der Waals surface area contributed by atoms with Gasteiger partial charge >= 0.3 is 13.7 Å². The highest BCUT2D eigenvalue weighted by molar-refractivity contribution is 7.52. The number of carbonyl (C=O) groups is 1. The topological polar surface area (TPSA) is 134 Å². The quantitative estimate of drug-likeness (QED) is 0.137. The van der Waals surface area contributed by atoms with Crippen molar-refractivity contribution in [3.63, 3.8) is 0 Å². The summed E-state index contributed by atoms with van der Waals surface area (Å²) in [4.78, 5) is 23.2. The van der Waals surface area contributed by atoms with Gasteiger partial charge in [0.05, 0.1) is 11.5 Å². The second-order valence-corrected chi connectivity index (χ2v) is 8.82. The molecule has 1 unspecified atom stereocenters. The van der Waals surface area contributed by atoms with Crippen molar-refractivity contribution in [3.8, 4) is 11.5 Å². The van der Waals surface area contributed by atoms with Gasteiger partial charge in [0.15, 0.2) is 0 Å². The maximum absolute atomic E-state index is 14.0. The molecule has 34 heavy (non-hydrogen) atoms. The number of nitro groups is 1. The molecule has 10 nitrogen and oxygen atoms in total. The number of non-ortho nitro benzene ring substituents is 1. The molecule has 0 radical (unpaired) electrons. The molecule has 0 saturated heterocycles. The molecule has 0 amide bonds. The van der Waals surface area contributed by atoms with Crippen LogP contribution in [0.2, 0.25) is 0 Å². The summed E-state index contributed by atoms with van der Waals surface area (Å²) in [6, 6.07) is 20.9. The molecule has 0 saturated carbocycles. The Morgan fingerprint density at radius 2 is 1.50 bits per heavy atom. The van der Waals surface area contributed by atoms with Gasteiger partial charge in [0, 0.05) is 18.6 Å². The summed E-state index contributed by atoms with van der Waals surface area (Å²) < 4.78 is 31.3. The molecule has 3 rings (SSSR count). The molecular weight excluding hydrogens is 461 g/mol. The minimum Gasteiger partial charge on any atom is -0.465 e. The zero-order valence-electron chi connectivity index (χ0n) is 18.4. The van der Waals surface area contributed by atoms with E-state index in [2.05, 4.69) is 0 Å². The maximum atomic E-state index is 14.0. The highest BCUT2D eigenvalue weighted by atomic mass is 31.2. The van der Waals surface area contributed by atoms with Crippen LogP contribution in [0.25, 0.3) is 0 Å². The Kier molecular flexibility index (Phi) is 8.37. The third-order valence-electron chi connectivity index (χ3n) is 4.67. The van der Waals surface area contributed by atoms with Crippen LogP contribution in [0.5, 0.6) is 11.5 Å². The van der Waals surface area contributed by atoms with Crippen molar-refractivity contribution < 1.29 is 28.1 Å². The molecule has 0 heterocycles. The van der Waals surface area contributed by atoms with Gasteiger partial charge in [-0.05, 0) is 36.8 Å². The number of hydrazine groups is 1. The Hall–Kier alpha value is -3.72. The number of carbonyl (C=O) groups excluding carboxylic acids is 1. The summed E-state index contributed by atoms with van der Waals surface area (Å²) >= 11 is 0. The second kappa shape index (κ2) is 11.4. The molecule has 2 N–H and O–H groups in total. The van der Waals surface area contributed by atoms with Gasteiger partial charge in [0.2, 0.25) is 0 Å². The predicted octanol–water partition coefficient (Wildman–Crippen LogP) is 4.51. The Balaban J connectivity index is 1.98. The molecule has 2 atom stereocenters. The number of esters is 1. The fourth-order valence-corrected chi connectivity index (χ4v) is 4.54. The summed E-state index contributed by atoms with van der Waals surface area (Å²) in [7, 11) is -4.42. The van der Waals surface area contributed by atoms with Crippen molar-refractivity contribution in [2.24, 2.45) is 5.84 Å². The lowest BCUT2D eigenvalue weighted by Crippen LogP contribution is -2.47. The first-order chi connectivity index (χ1) is 16.3. The van der Waals surface area contributed by atoms with Crippen LogP contribution in [0.3, 0.4) is 0 Å². The van der Waals surface area contributed by atoms with E-state index in [9.17, 15) is 19.5 Å². The molecule has 0 aliphatic heterocycles. The first kappa shape index (κ1) is 24.9. The van der Waals surface area contributed by atoms with Crippen LogP contribution in [0.1, 0.15) is 12.5 Å². The average Bonchev–Trinajstić information content (AvgIpc) is 2.84. The van der Waals surface area contributed by atoms with Crippen molar-refractivity contribution in [3.05, 3.63) is 101 Å². The van der Waals surface area contributed by atoms with Gasteiger partial charge in [0.1, 0.15) is 17.5 Å². The van der Waals surface area contributed by atoms with Crippen molar-refractivity contribution in [1.29, 1.82) is 0 Å². The number of nitro benzene ring substituents is 1. The minimum absolute atomic E-state index is 0.00244. The molecule has 3 aromatic rings. The molecule has 0 aliphatic carbocycles. The molecule has 0 aromatic heterocycles. The number of hydrogen-bond donors (Lipinski definition) is 1. The highest BCUT2D eigenvalue weighted by Crippen LogP contribution is 2.51. The van der Waals surface area contributed by atoms with E-state index in [4.69, 9.17) is 19.6 Å². The number of hydrogen-bond acceptors (Lipinski definition) is 8. The summed E-state index contributed by atoms with van der Waals surface area (Å²) in [5, 5.41) is 11.0. The zero-order chi connectivity index (χ0) is 24.6. The van der Waals surface area contributed by atoms with Crippen molar-refractivity contribution in [1.82, 2.24) is 4.78 Å². The molecular formula is C23H24N3O7P. The van der Waals surface area contributed by atoms with E-state index >= 15 is 0 Å². The molecule has 178 valence electrons. The Morgan fingerprint density at radius 1 is 0.971 bits per heavy atom. The van der Waals surface area contributed by atoms with Crippen molar-refractivity contribution in [2.45, 2.75) is 19.4 Å². The fraction of sp³-hybridized carbons (Fsp3) is 0.174. The number of para-hydroxylation sites is 1. The predicted molar refractivity (Wildman–Crippen MR) is 125 cm³/mol. The van der Waals surface area contributed by atoms with Crippen molar-refractivity contribution in [2.75, 3.05) is 6.61 Å². The number of benzene rings is 3. The first-order valence-electron chi connectivity index (χ1n) is 10.4. The molecule has 0 aliphatic rings. The maximum Gasteiger partial charge on any atom is 0.529 e. The van der Waals surface area contributed by atoms with Crippen LogP contribution in [-0.4, -0.2) is 28.3 Å². The molecule has 3 aromatic carbocycles. The summed E-state index contributed by atoms with van der Waals surface area (Å²) in [5.41, 5.74) is 0.571. The van der Waals surface area contributed by atoms with Crippen molar-refractivity contribution >= 4 is 19.4 Å². The van der Waals surface area contributed by atoms with Crippen LogP contribution in [0.4, 0.5) is 5.69 Å². The molecule has 0 bridgehead atoms. The largest absolute Gasteiger partial charge is 0.529 e. The smallest absolute Gasteiger partial charge is 0.465 e. The number of nitrogens with two attached hydrogens (primary N) is 1. The lowest BCUT2D eigenvalue weighted by Gasteiger charge is -2.31. The number of ether oxygens (including phenoxy) is 1. The Bertz CT molecular complexity index is 1140. The first-order valence-corrected chi connectivity index (χ1v) is 11.9. The van der Waals surface area contributed by atoms with Crippen LogP contribution < -0.4 is 14.9 Å². The number of nitrogens with zero attached hydrogens (tertiary/aromatic N) is 2. The summed E-state index contributed by atoms with van der Waals surface area (Å²) in [6.07, 6.45) is 0.0714. The third kappa shape index (κ3) is 6.41.